The van der Waals surface area contributed by atoms with E-state index >= 15 is 0 Å². The highest BCUT2D eigenvalue weighted by Gasteiger charge is 2.12. The second-order valence-corrected chi connectivity index (χ2v) is 4.49. The van der Waals surface area contributed by atoms with Gasteiger partial charge in [0.25, 0.3) is 0 Å². The summed E-state index contributed by atoms with van der Waals surface area (Å²) in [4.78, 5) is 3.96. The molecule has 0 fully saturated rings. The Hall–Kier alpha value is -1.81. The van der Waals surface area contributed by atoms with E-state index in [2.05, 4.69) is 10.3 Å². The van der Waals surface area contributed by atoms with Crippen LogP contribution in [0.3, 0.4) is 0 Å². The molecule has 100 valence electrons. The third-order valence-corrected chi connectivity index (χ3v) is 3.12. The first-order valence-electron chi connectivity index (χ1n) is 6.19. The summed E-state index contributed by atoms with van der Waals surface area (Å²) in [5.41, 5.74) is 1.66. The van der Waals surface area contributed by atoms with Gasteiger partial charge in [0.05, 0.1) is 0 Å². The minimum Gasteiger partial charge on any atom is -0.316 e. The van der Waals surface area contributed by atoms with Gasteiger partial charge in [-0.2, -0.15) is 0 Å². The van der Waals surface area contributed by atoms with Gasteiger partial charge in [0.2, 0.25) is 0 Å². The van der Waals surface area contributed by atoms with Gasteiger partial charge < -0.3 is 5.32 Å². The fourth-order valence-corrected chi connectivity index (χ4v) is 2.03. The van der Waals surface area contributed by atoms with Crippen LogP contribution in [0.15, 0.2) is 42.7 Å². The monoisotopic (exact) mass is 262 g/mol. The van der Waals surface area contributed by atoms with Crippen molar-refractivity contribution in [1.82, 2.24) is 10.3 Å². The van der Waals surface area contributed by atoms with Crippen LogP contribution in [0.5, 0.6) is 0 Å². The Morgan fingerprint density at radius 3 is 2.47 bits per heavy atom. The van der Waals surface area contributed by atoms with Crippen molar-refractivity contribution >= 4 is 0 Å². The summed E-state index contributed by atoms with van der Waals surface area (Å²) in [6.45, 7) is 0. The minimum atomic E-state index is -0.545. The van der Waals surface area contributed by atoms with Gasteiger partial charge in [0.15, 0.2) is 0 Å². The van der Waals surface area contributed by atoms with Crippen LogP contribution in [-0.2, 0) is 12.8 Å². The van der Waals surface area contributed by atoms with Crippen molar-refractivity contribution in [3.05, 3.63) is 65.5 Å². The summed E-state index contributed by atoms with van der Waals surface area (Å²) >= 11 is 0. The molecule has 0 aliphatic heterocycles. The van der Waals surface area contributed by atoms with Crippen molar-refractivity contribution in [3.63, 3.8) is 0 Å². The average molecular weight is 262 g/mol. The maximum absolute atomic E-state index is 13.6. The number of halogens is 2. The lowest BCUT2D eigenvalue weighted by Gasteiger charge is -2.16. The maximum Gasteiger partial charge on any atom is 0.129 e. The van der Waals surface area contributed by atoms with E-state index in [1.54, 1.807) is 12.4 Å². The number of nitrogens with one attached hydrogen (secondary N) is 1. The SMILES string of the molecule is CNC(Cc1ccncc1)Cc1ccc(F)cc1F. The van der Waals surface area contributed by atoms with Gasteiger partial charge in [0.1, 0.15) is 11.6 Å². The number of hydrogen-bond donors (Lipinski definition) is 1. The zero-order chi connectivity index (χ0) is 13.7. The number of nitrogens with zero attached hydrogens (tertiary/aromatic N) is 1. The quantitative estimate of drug-likeness (QED) is 0.896. The molecule has 2 rings (SSSR count). The summed E-state index contributed by atoms with van der Waals surface area (Å²) in [6.07, 6.45) is 4.77. The Balaban J connectivity index is 2.06. The van der Waals surface area contributed by atoms with Crippen molar-refractivity contribution < 1.29 is 8.78 Å². The van der Waals surface area contributed by atoms with Crippen LogP contribution < -0.4 is 5.32 Å². The molecule has 0 aliphatic rings. The third kappa shape index (κ3) is 3.83. The average Bonchev–Trinajstić information content (AvgIpc) is 2.42. The molecule has 1 aromatic carbocycles. The number of benzene rings is 1. The van der Waals surface area contributed by atoms with E-state index in [0.29, 0.717) is 12.0 Å². The summed E-state index contributed by atoms with van der Waals surface area (Å²) in [5, 5.41) is 3.16. The van der Waals surface area contributed by atoms with Crippen molar-refractivity contribution in [2.45, 2.75) is 18.9 Å². The number of aromatic nitrogens is 1. The Morgan fingerprint density at radius 2 is 1.84 bits per heavy atom. The molecular weight excluding hydrogens is 246 g/mol. The first-order valence-corrected chi connectivity index (χ1v) is 6.19. The van der Waals surface area contributed by atoms with Crippen molar-refractivity contribution in [1.29, 1.82) is 0 Å². The van der Waals surface area contributed by atoms with Crippen molar-refractivity contribution in [2.24, 2.45) is 0 Å². The number of likely N-dealkylation sites (N-methyl/N-ethyl adjacent to an activating group) is 1. The molecule has 0 saturated heterocycles. The zero-order valence-electron chi connectivity index (χ0n) is 10.7. The minimum absolute atomic E-state index is 0.0994. The highest BCUT2D eigenvalue weighted by atomic mass is 19.1. The van der Waals surface area contributed by atoms with Crippen molar-refractivity contribution in [3.8, 4) is 0 Å². The molecule has 2 aromatic rings. The predicted octanol–water partition coefficient (Wildman–Crippen LogP) is 2.73. The van der Waals surface area contributed by atoms with Crippen LogP contribution in [0.2, 0.25) is 0 Å². The third-order valence-electron chi connectivity index (χ3n) is 3.12. The molecule has 0 saturated carbocycles. The van der Waals surface area contributed by atoms with E-state index < -0.39 is 11.6 Å². The lowest BCUT2D eigenvalue weighted by Crippen LogP contribution is -2.30. The number of hydrogen-bond acceptors (Lipinski definition) is 2. The fourth-order valence-electron chi connectivity index (χ4n) is 2.03. The molecule has 1 N–H and O–H groups in total. The van der Waals surface area contributed by atoms with E-state index in [1.165, 1.54) is 12.1 Å². The molecule has 0 bridgehead atoms. The topological polar surface area (TPSA) is 24.9 Å². The zero-order valence-corrected chi connectivity index (χ0v) is 10.7. The molecule has 1 heterocycles. The van der Waals surface area contributed by atoms with Gasteiger partial charge in [-0.3, -0.25) is 4.98 Å². The van der Waals surface area contributed by atoms with E-state index in [1.807, 2.05) is 19.2 Å². The van der Waals surface area contributed by atoms with Crippen LogP contribution in [-0.4, -0.2) is 18.1 Å². The van der Waals surface area contributed by atoms with Crippen molar-refractivity contribution in [2.75, 3.05) is 7.05 Å². The van der Waals surface area contributed by atoms with Crippen LogP contribution in [0, 0.1) is 11.6 Å². The van der Waals surface area contributed by atoms with Gasteiger partial charge in [0, 0.05) is 24.5 Å². The first kappa shape index (κ1) is 13.6. The van der Waals surface area contributed by atoms with Crippen LogP contribution >= 0.6 is 0 Å². The molecule has 19 heavy (non-hydrogen) atoms. The Morgan fingerprint density at radius 1 is 1.11 bits per heavy atom. The molecule has 1 unspecified atom stereocenters. The summed E-state index contributed by atoms with van der Waals surface area (Å²) < 4.78 is 26.5. The first-order chi connectivity index (χ1) is 9.19. The standard InChI is InChI=1S/C15H16F2N2/c1-18-14(8-11-4-6-19-7-5-11)9-12-2-3-13(16)10-15(12)17/h2-7,10,14,18H,8-9H2,1H3. The number of rotatable bonds is 5. The lowest BCUT2D eigenvalue weighted by atomic mass is 9.99. The Bertz CT molecular complexity index is 529. The molecule has 0 radical (unpaired) electrons. The number of pyridine rings is 1. The second kappa shape index (κ2) is 6.38. The van der Waals surface area contributed by atoms with Crippen LogP contribution in [0.1, 0.15) is 11.1 Å². The normalized spacial score (nSPS) is 12.4. The predicted molar refractivity (Wildman–Crippen MR) is 70.9 cm³/mol. The molecular formula is C15H16F2N2. The largest absolute Gasteiger partial charge is 0.316 e. The second-order valence-electron chi connectivity index (χ2n) is 4.49. The molecule has 0 amide bonds. The smallest absolute Gasteiger partial charge is 0.129 e. The molecule has 1 aromatic heterocycles. The van der Waals surface area contributed by atoms with E-state index in [-0.39, 0.29) is 6.04 Å². The van der Waals surface area contributed by atoms with Crippen LogP contribution in [0.25, 0.3) is 0 Å². The molecule has 4 heteroatoms. The van der Waals surface area contributed by atoms with Gasteiger partial charge in [-0.1, -0.05) is 6.07 Å². The lowest BCUT2D eigenvalue weighted by molar-refractivity contribution is 0.524. The Kier molecular flexibility index (Phi) is 4.58. The van der Waals surface area contributed by atoms with E-state index in [0.717, 1.165) is 18.1 Å². The molecule has 0 aliphatic carbocycles. The van der Waals surface area contributed by atoms with Gasteiger partial charge in [-0.15, -0.1) is 0 Å². The maximum atomic E-state index is 13.6. The summed E-state index contributed by atoms with van der Waals surface area (Å²) in [7, 11) is 1.84. The van der Waals surface area contributed by atoms with E-state index in [9.17, 15) is 8.78 Å². The fraction of sp³-hybridized carbons (Fsp3) is 0.267. The molecule has 2 nitrogen and oxygen atoms in total. The molecule has 0 spiro atoms. The molecule has 1 atom stereocenters. The summed E-state index contributed by atoms with van der Waals surface area (Å²) in [5.74, 6) is -1.04. The Labute approximate surface area is 111 Å². The van der Waals surface area contributed by atoms with E-state index in [4.69, 9.17) is 0 Å². The highest BCUT2D eigenvalue weighted by Crippen LogP contribution is 2.13. The van der Waals surface area contributed by atoms with Crippen LogP contribution in [0.4, 0.5) is 8.78 Å². The highest BCUT2D eigenvalue weighted by molar-refractivity contribution is 5.21. The van der Waals surface area contributed by atoms with Gasteiger partial charge in [-0.25, -0.2) is 8.78 Å². The summed E-state index contributed by atoms with van der Waals surface area (Å²) in [6, 6.07) is 7.69. The van der Waals surface area contributed by atoms with Gasteiger partial charge in [-0.05, 0) is 49.2 Å². The van der Waals surface area contributed by atoms with Gasteiger partial charge >= 0.3 is 0 Å².